The Bertz CT molecular complexity index is 556. The summed E-state index contributed by atoms with van der Waals surface area (Å²) in [5, 5.41) is 20.8. The van der Waals surface area contributed by atoms with Gasteiger partial charge in [0.25, 0.3) is 5.69 Å². The number of aryl methyl sites for hydroxylation is 1. The Labute approximate surface area is 130 Å². The number of nitrogens with zero attached hydrogens (tertiary/aromatic N) is 4. The predicted molar refractivity (Wildman–Crippen MR) is 85.2 cm³/mol. The van der Waals surface area contributed by atoms with Crippen LogP contribution in [0.3, 0.4) is 0 Å². The van der Waals surface area contributed by atoms with Crippen LogP contribution in [0.2, 0.25) is 0 Å². The molecule has 22 heavy (non-hydrogen) atoms. The first kappa shape index (κ1) is 16.6. The van der Waals surface area contributed by atoms with E-state index in [1.54, 1.807) is 13.0 Å². The first-order chi connectivity index (χ1) is 10.2. The Balaban J connectivity index is 2.09. The molecular weight excluding hydrogens is 284 g/mol. The maximum Gasteiger partial charge on any atom is 0.290 e. The number of β-amino-alcohol motifs (C(OH)–C–C–N with tert-alkyl or cyclic N) is 1. The van der Waals surface area contributed by atoms with Crippen molar-refractivity contribution in [2.75, 3.05) is 31.1 Å². The highest BCUT2D eigenvalue weighted by molar-refractivity contribution is 5.47. The molecule has 0 radical (unpaired) electrons. The van der Waals surface area contributed by atoms with Crippen LogP contribution < -0.4 is 4.90 Å². The first-order valence-corrected chi connectivity index (χ1v) is 7.51. The quantitative estimate of drug-likeness (QED) is 0.671. The third kappa shape index (κ3) is 3.92. The fraction of sp³-hybridized carbons (Fsp3) is 0.667. The Hall–Kier alpha value is -1.73. The molecule has 1 aliphatic heterocycles. The zero-order valence-corrected chi connectivity index (χ0v) is 13.6. The summed E-state index contributed by atoms with van der Waals surface area (Å²) in [6.45, 7) is 10.5. The molecule has 0 bridgehead atoms. The average Bonchev–Trinajstić information content (AvgIpc) is 2.36. The summed E-state index contributed by atoms with van der Waals surface area (Å²) >= 11 is 0. The van der Waals surface area contributed by atoms with Gasteiger partial charge in [0.05, 0.1) is 10.5 Å². The molecule has 1 N–H and O–H groups in total. The minimum Gasteiger partial charge on any atom is -0.389 e. The maximum absolute atomic E-state index is 10.9. The molecule has 0 amide bonds. The SMILES string of the molecule is Cc1nc(N2CCN(CC(C)(C)O)CC2C)ccc1[N+](=O)[O-]. The molecule has 0 aliphatic carbocycles. The standard InChI is InChI=1S/C15H24N4O3/c1-11-9-17(10-15(3,4)20)7-8-18(11)14-6-5-13(19(21)22)12(2)16-14/h5-6,11,20H,7-10H2,1-4H3. The van der Waals surface area contributed by atoms with E-state index in [9.17, 15) is 15.2 Å². The number of hydrogen-bond acceptors (Lipinski definition) is 6. The monoisotopic (exact) mass is 308 g/mol. The van der Waals surface area contributed by atoms with Crippen LogP contribution in [0.1, 0.15) is 26.5 Å². The molecule has 122 valence electrons. The summed E-state index contributed by atoms with van der Waals surface area (Å²) in [7, 11) is 0. The van der Waals surface area contributed by atoms with Crippen molar-refractivity contribution in [1.29, 1.82) is 0 Å². The van der Waals surface area contributed by atoms with Crippen molar-refractivity contribution in [3.63, 3.8) is 0 Å². The fourth-order valence-corrected chi connectivity index (χ4v) is 2.96. The van der Waals surface area contributed by atoms with Gasteiger partial charge in [0, 0.05) is 38.3 Å². The fourth-order valence-electron chi connectivity index (χ4n) is 2.96. The molecule has 2 rings (SSSR count). The Morgan fingerprint density at radius 1 is 1.45 bits per heavy atom. The van der Waals surface area contributed by atoms with Crippen LogP contribution in [0.25, 0.3) is 0 Å². The third-order valence-corrected chi connectivity index (χ3v) is 3.86. The number of rotatable bonds is 4. The highest BCUT2D eigenvalue weighted by Gasteiger charge is 2.28. The van der Waals surface area contributed by atoms with E-state index < -0.39 is 10.5 Å². The van der Waals surface area contributed by atoms with Crippen LogP contribution in [0.4, 0.5) is 11.5 Å². The average molecular weight is 308 g/mol. The maximum atomic E-state index is 10.9. The van der Waals surface area contributed by atoms with E-state index in [4.69, 9.17) is 0 Å². The first-order valence-electron chi connectivity index (χ1n) is 7.51. The summed E-state index contributed by atoms with van der Waals surface area (Å²) < 4.78 is 0. The number of pyridine rings is 1. The number of aliphatic hydroxyl groups is 1. The molecule has 0 saturated carbocycles. The van der Waals surface area contributed by atoms with E-state index >= 15 is 0 Å². The number of nitro groups is 1. The van der Waals surface area contributed by atoms with E-state index in [2.05, 4.69) is 21.7 Å². The predicted octanol–water partition coefficient (Wildman–Crippen LogP) is 1.58. The van der Waals surface area contributed by atoms with Crippen molar-refractivity contribution in [3.8, 4) is 0 Å². The van der Waals surface area contributed by atoms with Gasteiger partial charge in [-0.15, -0.1) is 0 Å². The minimum atomic E-state index is -0.704. The summed E-state index contributed by atoms with van der Waals surface area (Å²) in [4.78, 5) is 19.2. The van der Waals surface area contributed by atoms with Crippen LogP contribution in [0.5, 0.6) is 0 Å². The Kier molecular flexibility index (Phi) is 4.67. The number of piperazine rings is 1. The highest BCUT2D eigenvalue weighted by atomic mass is 16.6. The van der Waals surface area contributed by atoms with Crippen LogP contribution in [-0.4, -0.2) is 57.7 Å². The summed E-state index contributed by atoms with van der Waals surface area (Å²) in [6.07, 6.45) is 0. The zero-order valence-electron chi connectivity index (χ0n) is 13.6. The molecule has 1 saturated heterocycles. The van der Waals surface area contributed by atoms with E-state index in [1.165, 1.54) is 6.07 Å². The van der Waals surface area contributed by atoms with Crippen molar-refractivity contribution < 1.29 is 10.0 Å². The van der Waals surface area contributed by atoms with Crippen LogP contribution in [0.15, 0.2) is 12.1 Å². The van der Waals surface area contributed by atoms with Gasteiger partial charge in [-0.1, -0.05) is 0 Å². The third-order valence-electron chi connectivity index (χ3n) is 3.86. The Morgan fingerprint density at radius 2 is 2.14 bits per heavy atom. The summed E-state index contributed by atoms with van der Waals surface area (Å²) in [5.41, 5.74) is -0.213. The Morgan fingerprint density at radius 3 is 2.64 bits per heavy atom. The molecule has 0 spiro atoms. The molecular formula is C15H24N4O3. The van der Waals surface area contributed by atoms with Gasteiger partial charge in [-0.25, -0.2) is 4.98 Å². The lowest BCUT2D eigenvalue weighted by atomic mass is 10.1. The number of hydrogen-bond donors (Lipinski definition) is 1. The van der Waals surface area contributed by atoms with Crippen LogP contribution in [-0.2, 0) is 0 Å². The van der Waals surface area contributed by atoms with Gasteiger partial charge in [0.15, 0.2) is 0 Å². The van der Waals surface area contributed by atoms with Crippen molar-refractivity contribution in [2.24, 2.45) is 0 Å². The summed E-state index contributed by atoms with van der Waals surface area (Å²) in [5.74, 6) is 0.776. The van der Waals surface area contributed by atoms with E-state index in [0.717, 1.165) is 25.5 Å². The van der Waals surface area contributed by atoms with Gasteiger partial charge in [0.2, 0.25) is 0 Å². The normalized spacial score (nSPS) is 20.2. The second kappa shape index (κ2) is 6.18. The molecule has 7 nitrogen and oxygen atoms in total. The van der Waals surface area contributed by atoms with Crippen molar-refractivity contribution >= 4 is 11.5 Å². The lowest BCUT2D eigenvalue weighted by Crippen LogP contribution is -2.55. The van der Waals surface area contributed by atoms with E-state index in [0.29, 0.717) is 12.2 Å². The molecule has 1 aromatic heterocycles. The second-order valence-electron chi connectivity index (χ2n) is 6.62. The number of anilines is 1. The molecule has 7 heteroatoms. The summed E-state index contributed by atoms with van der Waals surface area (Å²) in [6, 6.07) is 3.48. The molecule has 1 aliphatic rings. The van der Waals surface area contributed by atoms with Gasteiger partial charge in [-0.05, 0) is 33.8 Å². The van der Waals surface area contributed by atoms with Crippen LogP contribution in [0, 0.1) is 17.0 Å². The smallest absolute Gasteiger partial charge is 0.290 e. The second-order valence-corrected chi connectivity index (χ2v) is 6.62. The van der Waals surface area contributed by atoms with Gasteiger partial charge < -0.3 is 10.0 Å². The zero-order chi connectivity index (χ0) is 16.5. The lowest BCUT2D eigenvalue weighted by Gasteiger charge is -2.42. The van der Waals surface area contributed by atoms with Crippen molar-refractivity contribution in [2.45, 2.75) is 39.3 Å². The largest absolute Gasteiger partial charge is 0.389 e. The van der Waals surface area contributed by atoms with Gasteiger partial charge in [-0.3, -0.25) is 15.0 Å². The van der Waals surface area contributed by atoms with Crippen molar-refractivity contribution in [3.05, 3.63) is 27.9 Å². The highest BCUT2D eigenvalue weighted by Crippen LogP contribution is 2.24. The van der Waals surface area contributed by atoms with Gasteiger partial charge in [-0.2, -0.15) is 0 Å². The molecule has 1 unspecified atom stereocenters. The van der Waals surface area contributed by atoms with E-state index in [-0.39, 0.29) is 11.7 Å². The molecule has 0 aromatic carbocycles. The van der Waals surface area contributed by atoms with E-state index in [1.807, 2.05) is 13.8 Å². The van der Waals surface area contributed by atoms with Crippen molar-refractivity contribution in [1.82, 2.24) is 9.88 Å². The molecule has 1 aromatic rings. The van der Waals surface area contributed by atoms with Gasteiger partial charge in [0.1, 0.15) is 11.5 Å². The molecule has 1 fully saturated rings. The minimum absolute atomic E-state index is 0.0528. The lowest BCUT2D eigenvalue weighted by molar-refractivity contribution is -0.385. The van der Waals surface area contributed by atoms with Gasteiger partial charge >= 0.3 is 0 Å². The molecule has 2 heterocycles. The topological polar surface area (TPSA) is 82.7 Å². The van der Waals surface area contributed by atoms with Crippen LogP contribution >= 0.6 is 0 Å². The molecule has 1 atom stereocenters. The number of aromatic nitrogens is 1.